The standard InChI is InChI=1S/C21H25N5O2/c1-13-17(25-21(28)16-8-6-15(7-9-16)14-4-5-14)3-2-12-26(13)20-18(19(22)27)23-10-11-24-20/h6-11,13-14,17H,2-5,12H2,1H3,(H2,22,27)(H,25,28)/t13-,17-/m1/s1. The van der Waals surface area contributed by atoms with E-state index in [1.54, 1.807) is 6.20 Å². The van der Waals surface area contributed by atoms with Crippen LogP contribution in [0.1, 0.15) is 64.9 Å². The number of nitrogens with zero attached hydrogens (tertiary/aromatic N) is 3. The Kier molecular flexibility index (Phi) is 4.98. The number of rotatable bonds is 5. The summed E-state index contributed by atoms with van der Waals surface area (Å²) in [5, 5.41) is 3.15. The molecule has 3 N–H and O–H groups in total. The van der Waals surface area contributed by atoms with E-state index in [0.717, 1.165) is 19.4 Å². The van der Waals surface area contributed by atoms with Gasteiger partial charge in [0.2, 0.25) is 0 Å². The number of primary amides is 1. The van der Waals surface area contributed by atoms with E-state index in [2.05, 4.69) is 27.4 Å². The molecule has 146 valence electrons. The Hall–Kier alpha value is -2.96. The van der Waals surface area contributed by atoms with Crippen LogP contribution in [0.5, 0.6) is 0 Å². The van der Waals surface area contributed by atoms with E-state index in [4.69, 9.17) is 5.73 Å². The fraction of sp³-hybridized carbons (Fsp3) is 0.429. The molecule has 7 heteroatoms. The predicted molar refractivity (Wildman–Crippen MR) is 106 cm³/mol. The van der Waals surface area contributed by atoms with E-state index >= 15 is 0 Å². The van der Waals surface area contributed by atoms with Crippen molar-refractivity contribution in [2.75, 3.05) is 11.4 Å². The van der Waals surface area contributed by atoms with Crippen LogP contribution >= 0.6 is 0 Å². The molecule has 4 rings (SSSR count). The van der Waals surface area contributed by atoms with Gasteiger partial charge in [-0.2, -0.15) is 0 Å². The fourth-order valence-corrected chi connectivity index (χ4v) is 3.92. The largest absolute Gasteiger partial charge is 0.364 e. The van der Waals surface area contributed by atoms with Crippen molar-refractivity contribution >= 4 is 17.6 Å². The fourth-order valence-electron chi connectivity index (χ4n) is 3.92. The van der Waals surface area contributed by atoms with Gasteiger partial charge >= 0.3 is 0 Å². The van der Waals surface area contributed by atoms with Gasteiger partial charge in [-0.05, 0) is 56.2 Å². The van der Waals surface area contributed by atoms with E-state index in [0.29, 0.717) is 17.3 Å². The third kappa shape index (κ3) is 3.69. The highest BCUT2D eigenvalue weighted by Crippen LogP contribution is 2.39. The van der Waals surface area contributed by atoms with Crippen molar-refractivity contribution in [1.29, 1.82) is 0 Å². The molecule has 1 aromatic carbocycles. The summed E-state index contributed by atoms with van der Waals surface area (Å²) in [6, 6.07) is 7.85. The predicted octanol–water partition coefficient (Wildman–Crippen LogP) is 2.24. The number of anilines is 1. The summed E-state index contributed by atoms with van der Waals surface area (Å²) in [5.41, 5.74) is 7.61. The molecule has 2 aromatic rings. The summed E-state index contributed by atoms with van der Waals surface area (Å²) >= 11 is 0. The van der Waals surface area contributed by atoms with Crippen LogP contribution in [-0.2, 0) is 0 Å². The highest BCUT2D eigenvalue weighted by Gasteiger charge is 2.32. The number of carbonyl (C=O) groups excluding carboxylic acids is 2. The highest BCUT2D eigenvalue weighted by molar-refractivity contribution is 5.96. The van der Waals surface area contributed by atoms with E-state index in [-0.39, 0.29) is 23.7 Å². The molecule has 1 aromatic heterocycles. The molecule has 1 aliphatic heterocycles. The normalized spacial score (nSPS) is 22.0. The maximum Gasteiger partial charge on any atom is 0.271 e. The molecule has 0 bridgehead atoms. The quantitative estimate of drug-likeness (QED) is 0.830. The minimum absolute atomic E-state index is 0.0294. The van der Waals surface area contributed by atoms with Crippen molar-refractivity contribution in [3.8, 4) is 0 Å². The molecule has 2 fully saturated rings. The van der Waals surface area contributed by atoms with Gasteiger partial charge in [0.25, 0.3) is 11.8 Å². The third-order valence-electron chi connectivity index (χ3n) is 5.71. The Morgan fingerprint density at radius 1 is 1.11 bits per heavy atom. The lowest BCUT2D eigenvalue weighted by atomic mass is 9.96. The number of piperidine rings is 1. The lowest BCUT2D eigenvalue weighted by Gasteiger charge is -2.40. The zero-order valence-electron chi connectivity index (χ0n) is 16.0. The second-order valence-electron chi connectivity index (χ2n) is 7.65. The van der Waals surface area contributed by atoms with Crippen molar-refractivity contribution in [2.45, 2.75) is 50.6 Å². The zero-order valence-corrected chi connectivity index (χ0v) is 16.0. The summed E-state index contributed by atoms with van der Waals surface area (Å²) in [6.07, 6.45) is 7.26. The topological polar surface area (TPSA) is 101 Å². The first kappa shape index (κ1) is 18.4. The molecular formula is C21H25N5O2. The summed E-state index contributed by atoms with van der Waals surface area (Å²) in [6.45, 7) is 2.77. The van der Waals surface area contributed by atoms with Crippen molar-refractivity contribution < 1.29 is 9.59 Å². The first-order chi connectivity index (χ1) is 13.5. The Morgan fingerprint density at radius 3 is 2.50 bits per heavy atom. The van der Waals surface area contributed by atoms with Gasteiger partial charge in [-0.3, -0.25) is 9.59 Å². The van der Waals surface area contributed by atoms with E-state index < -0.39 is 5.91 Å². The van der Waals surface area contributed by atoms with Gasteiger partial charge in [0.15, 0.2) is 11.5 Å². The SMILES string of the molecule is C[C@@H]1[C@H](NC(=O)c2ccc(C3CC3)cc2)CCCN1c1nccnc1C(N)=O. The maximum absolute atomic E-state index is 12.7. The summed E-state index contributed by atoms with van der Waals surface area (Å²) in [4.78, 5) is 34.9. The minimum atomic E-state index is -0.600. The lowest BCUT2D eigenvalue weighted by Crippen LogP contribution is -2.54. The van der Waals surface area contributed by atoms with Crippen LogP contribution in [0, 0.1) is 0 Å². The molecule has 2 amide bonds. The molecule has 2 atom stereocenters. The number of benzene rings is 1. The van der Waals surface area contributed by atoms with Crippen LogP contribution in [0.4, 0.5) is 5.82 Å². The minimum Gasteiger partial charge on any atom is -0.364 e. The molecule has 28 heavy (non-hydrogen) atoms. The highest BCUT2D eigenvalue weighted by atomic mass is 16.2. The summed E-state index contributed by atoms with van der Waals surface area (Å²) < 4.78 is 0. The van der Waals surface area contributed by atoms with Gasteiger partial charge in [0.05, 0.1) is 0 Å². The number of hydrogen-bond acceptors (Lipinski definition) is 5. The number of nitrogens with two attached hydrogens (primary N) is 1. The Balaban J connectivity index is 1.48. The van der Waals surface area contributed by atoms with E-state index in [1.807, 2.05) is 24.0 Å². The van der Waals surface area contributed by atoms with Crippen molar-refractivity contribution in [1.82, 2.24) is 15.3 Å². The molecule has 0 radical (unpaired) electrons. The Morgan fingerprint density at radius 2 is 1.82 bits per heavy atom. The lowest BCUT2D eigenvalue weighted by molar-refractivity contribution is 0.0922. The number of nitrogens with one attached hydrogen (secondary N) is 1. The first-order valence-electron chi connectivity index (χ1n) is 9.83. The number of aromatic nitrogens is 2. The van der Waals surface area contributed by atoms with E-state index in [1.165, 1.54) is 24.6 Å². The smallest absolute Gasteiger partial charge is 0.271 e. The molecular weight excluding hydrogens is 354 g/mol. The average molecular weight is 379 g/mol. The van der Waals surface area contributed by atoms with Crippen molar-refractivity contribution in [3.63, 3.8) is 0 Å². The Bertz CT molecular complexity index is 879. The average Bonchev–Trinajstić information content (AvgIpc) is 3.55. The molecule has 0 unspecified atom stereocenters. The van der Waals surface area contributed by atoms with Gasteiger partial charge < -0.3 is 16.0 Å². The van der Waals surface area contributed by atoms with Crippen LogP contribution in [0.15, 0.2) is 36.7 Å². The monoisotopic (exact) mass is 379 g/mol. The molecule has 1 saturated carbocycles. The Labute approximate surface area is 164 Å². The van der Waals surface area contributed by atoms with Crippen molar-refractivity contribution in [2.24, 2.45) is 5.73 Å². The first-order valence-corrected chi connectivity index (χ1v) is 9.83. The van der Waals surface area contributed by atoms with Crippen LogP contribution in [0.3, 0.4) is 0 Å². The maximum atomic E-state index is 12.7. The second kappa shape index (κ2) is 7.58. The van der Waals surface area contributed by atoms with Gasteiger partial charge in [0, 0.05) is 36.6 Å². The molecule has 0 spiro atoms. The molecule has 1 saturated heterocycles. The van der Waals surface area contributed by atoms with Crippen molar-refractivity contribution in [3.05, 3.63) is 53.5 Å². The van der Waals surface area contributed by atoms with Gasteiger partial charge in [-0.1, -0.05) is 12.1 Å². The molecule has 1 aliphatic carbocycles. The zero-order chi connectivity index (χ0) is 19.7. The molecule has 7 nitrogen and oxygen atoms in total. The van der Waals surface area contributed by atoms with Crippen LogP contribution in [-0.4, -0.2) is 40.4 Å². The molecule has 2 heterocycles. The number of hydrogen-bond donors (Lipinski definition) is 2. The number of carbonyl (C=O) groups is 2. The molecule has 2 aliphatic rings. The van der Waals surface area contributed by atoms with Gasteiger partial charge in [0.1, 0.15) is 0 Å². The van der Waals surface area contributed by atoms with Gasteiger partial charge in [-0.25, -0.2) is 9.97 Å². The van der Waals surface area contributed by atoms with Crippen LogP contribution in [0.25, 0.3) is 0 Å². The van der Waals surface area contributed by atoms with Crippen LogP contribution in [0.2, 0.25) is 0 Å². The number of amides is 2. The summed E-state index contributed by atoms with van der Waals surface area (Å²) in [7, 11) is 0. The second-order valence-corrected chi connectivity index (χ2v) is 7.65. The third-order valence-corrected chi connectivity index (χ3v) is 5.71. The van der Waals surface area contributed by atoms with E-state index in [9.17, 15) is 9.59 Å². The van der Waals surface area contributed by atoms with Crippen LogP contribution < -0.4 is 16.0 Å². The van der Waals surface area contributed by atoms with Gasteiger partial charge in [-0.15, -0.1) is 0 Å². The summed E-state index contributed by atoms with van der Waals surface area (Å²) in [5.74, 6) is 0.484.